The molecule has 0 spiro atoms. The molecule has 0 aromatic carbocycles. The van der Waals surface area contributed by atoms with Gasteiger partial charge in [0.25, 0.3) is 0 Å². The van der Waals surface area contributed by atoms with Gasteiger partial charge in [-0.15, -0.1) is 0 Å². The molecule has 1 aliphatic carbocycles. The van der Waals surface area contributed by atoms with Gasteiger partial charge in [-0.1, -0.05) is 0 Å². The Morgan fingerprint density at radius 3 is 2.59 bits per heavy atom. The highest BCUT2D eigenvalue weighted by molar-refractivity contribution is 6.02. The van der Waals surface area contributed by atoms with Crippen molar-refractivity contribution in [2.24, 2.45) is 5.92 Å². The molecule has 2 amide bonds. The van der Waals surface area contributed by atoms with Crippen LogP contribution >= 0.6 is 0 Å². The molecule has 1 saturated carbocycles. The molecular formula is C17H22F3N5O2. The summed E-state index contributed by atoms with van der Waals surface area (Å²) < 4.78 is 38.3. The molecule has 148 valence electrons. The molecule has 1 aromatic rings. The van der Waals surface area contributed by atoms with Gasteiger partial charge in [0.1, 0.15) is 5.84 Å². The Hall–Kier alpha value is -2.62. The highest BCUT2D eigenvalue weighted by Gasteiger charge is 2.52. The number of aliphatic hydroxyl groups is 1. The van der Waals surface area contributed by atoms with E-state index in [1.165, 1.54) is 18.3 Å². The van der Waals surface area contributed by atoms with E-state index < -0.39 is 23.5 Å². The first kappa shape index (κ1) is 20.7. The third-order valence-corrected chi connectivity index (χ3v) is 4.25. The quantitative estimate of drug-likeness (QED) is 0.383. The summed E-state index contributed by atoms with van der Waals surface area (Å²) in [6.45, 7) is 2.54. The maximum absolute atomic E-state index is 12.8. The molecule has 0 saturated heterocycles. The third kappa shape index (κ3) is 5.68. The van der Waals surface area contributed by atoms with E-state index >= 15 is 0 Å². The Morgan fingerprint density at radius 1 is 1.41 bits per heavy atom. The van der Waals surface area contributed by atoms with Gasteiger partial charge < -0.3 is 15.7 Å². The standard InChI is InChI=1S/C17H22F3N5O2/c1-10(11-3-4-11)24-15(26)25-14(21)7-8-22-12-5-6-13(23-9-12)16(2,27)17(18,19)20/h5-11,22,27H,3-4H2,1-2H3,(H3,21,24,25,26)/b8-7-/t10-,16?/m0/s1. The normalized spacial score (nSPS) is 17.9. The van der Waals surface area contributed by atoms with Crippen LogP contribution in [0.1, 0.15) is 32.4 Å². The Balaban J connectivity index is 1.83. The molecule has 5 N–H and O–H groups in total. The molecule has 2 atom stereocenters. The number of pyridine rings is 1. The Labute approximate surface area is 154 Å². The van der Waals surface area contributed by atoms with Crippen molar-refractivity contribution in [1.29, 1.82) is 5.41 Å². The summed E-state index contributed by atoms with van der Waals surface area (Å²) >= 11 is 0. The number of alkyl halides is 3. The molecule has 1 aliphatic rings. The number of carbonyl (C=O) groups excluding carboxylic acids is 1. The second-order valence-electron chi connectivity index (χ2n) is 6.62. The van der Waals surface area contributed by atoms with Gasteiger partial charge in [-0.05, 0) is 50.8 Å². The maximum Gasteiger partial charge on any atom is 0.422 e. The van der Waals surface area contributed by atoms with Crippen molar-refractivity contribution < 1.29 is 23.1 Å². The van der Waals surface area contributed by atoms with Gasteiger partial charge in [0, 0.05) is 12.2 Å². The predicted octanol–water partition coefficient (Wildman–Crippen LogP) is 2.85. The lowest BCUT2D eigenvalue weighted by Crippen LogP contribution is -2.43. The van der Waals surface area contributed by atoms with Gasteiger partial charge in [-0.2, -0.15) is 13.2 Å². The van der Waals surface area contributed by atoms with Crippen molar-refractivity contribution in [3.8, 4) is 0 Å². The van der Waals surface area contributed by atoms with E-state index in [0.29, 0.717) is 18.5 Å². The number of halogens is 3. The minimum absolute atomic E-state index is 0.0541. The first-order valence-electron chi connectivity index (χ1n) is 8.35. The first-order chi connectivity index (χ1) is 12.5. The molecule has 1 fully saturated rings. The van der Waals surface area contributed by atoms with Crippen LogP contribution in [-0.2, 0) is 5.60 Å². The number of anilines is 1. The summed E-state index contributed by atoms with van der Waals surface area (Å²) in [5, 5.41) is 25.0. The highest BCUT2D eigenvalue weighted by Crippen LogP contribution is 2.37. The zero-order valence-corrected chi connectivity index (χ0v) is 14.9. The van der Waals surface area contributed by atoms with E-state index in [0.717, 1.165) is 25.1 Å². The number of aromatic nitrogens is 1. The van der Waals surface area contributed by atoms with Crippen LogP contribution in [0, 0.1) is 11.3 Å². The van der Waals surface area contributed by atoms with Crippen molar-refractivity contribution in [3.05, 3.63) is 36.3 Å². The first-order valence-corrected chi connectivity index (χ1v) is 8.35. The minimum Gasteiger partial charge on any atom is -0.375 e. The number of urea groups is 1. The van der Waals surface area contributed by atoms with E-state index in [1.807, 2.05) is 6.92 Å². The molecule has 27 heavy (non-hydrogen) atoms. The van der Waals surface area contributed by atoms with E-state index in [-0.39, 0.29) is 11.9 Å². The molecule has 0 aliphatic heterocycles. The van der Waals surface area contributed by atoms with E-state index in [1.54, 1.807) is 0 Å². The summed E-state index contributed by atoms with van der Waals surface area (Å²) in [4.78, 5) is 15.3. The molecule has 0 radical (unpaired) electrons. The van der Waals surface area contributed by atoms with Gasteiger partial charge in [-0.3, -0.25) is 15.7 Å². The topological polar surface area (TPSA) is 110 Å². The number of carbonyl (C=O) groups is 1. The molecule has 0 bridgehead atoms. The third-order valence-electron chi connectivity index (χ3n) is 4.25. The minimum atomic E-state index is -4.84. The van der Waals surface area contributed by atoms with Gasteiger partial charge in [-0.25, -0.2) is 4.79 Å². The summed E-state index contributed by atoms with van der Waals surface area (Å²) in [6.07, 6.45) is 1.09. The lowest BCUT2D eigenvalue weighted by Gasteiger charge is -2.25. The van der Waals surface area contributed by atoms with E-state index in [4.69, 9.17) is 5.41 Å². The van der Waals surface area contributed by atoms with Crippen LogP contribution in [0.25, 0.3) is 0 Å². The monoisotopic (exact) mass is 385 g/mol. The average Bonchev–Trinajstić information content (AvgIpc) is 3.39. The summed E-state index contributed by atoms with van der Waals surface area (Å²) in [7, 11) is 0. The van der Waals surface area contributed by atoms with Crippen LogP contribution in [0.2, 0.25) is 0 Å². The van der Waals surface area contributed by atoms with Gasteiger partial charge >= 0.3 is 12.2 Å². The van der Waals surface area contributed by atoms with Gasteiger partial charge in [0.05, 0.1) is 17.6 Å². The molecular weight excluding hydrogens is 363 g/mol. The van der Waals surface area contributed by atoms with Crippen LogP contribution in [0.4, 0.5) is 23.7 Å². The number of amides is 2. The Kier molecular flexibility index (Phi) is 6.09. The van der Waals surface area contributed by atoms with Gasteiger partial charge in [0.2, 0.25) is 0 Å². The molecule has 1 unspecified atom stereocenters. The Bertz CT molecular complexity index is 712. The van der Waals surface area contributed by atoms with Crippen molar-refractivity contribution >= 4 is 17.6 Å². The molecule has 1 aromatic heterocycles. The van der Waals surface area contributed by atoms with Crippen LogP contribution in [-0.4, -0.2) is 34.2 Å². The van der Waals surface area contributed by atoms with Crippen LogP contribution < -0.4 is 16.0 Å². The fraction of sp³-hybridized carbons (Fsp3) is 0.471. The zero-order chi connectivity index (χ0) is 20.2. The predicted molar refractivity (Wildman–Crippen MR) is 94.2 cm³/mol. The van der Waals surface area contributed by atoms with Crippen molar-refractivity contribution in [2.75, 3.05) is 5.32 Å². The Morgan fingerprint density at radius 2 is 2.07 bits per heavy atom. The fourth-order valence-corrected chi connectivity index (χ4v) is 2.25. The van der Waals surface area contributed by atoms with Crippen LogP contribution in [0.3, 0.4) is 0 Å². The molecule has 10 heteroatoms. The number of rotatable bonds is 6. The number of nitrogens with one attached hydrogen (secondary N) is 4. The van der Waals surface area contributed by atoms with Crippen molar-refractivity contribution in [2.45, 2.75) is 44.5 Å². The maximum atomic E-state index is 12.8. The summed E-state index contributed by atoms with van der Waals surface area (Å²) in [5.41, 5.74) is -3.22. The van der Waals surface area contributed by atoms with E-state index in [9.17, 15) is 23.1 Å². The zero-order valence-electron chi connectivity index (χ0n) is 14.9. The lowest BCUT2D eigenvalue weighted by molar-refractivity contribution is -0.260. The number of nitrogens with zero attached hydrogens (tertiary/aromatic N) is 1. The average molecular weight is 385 g/mol. The van der Waals surface area contributed by atoms with Crippen LogP contribution in [0.15, 0.2) is 30.6 Å². The second kappa shape index (κ2) is 7.95. The number of hydrogen-bond acceptors (Lipinski definition) is 5. The fourth-order valence-electron chi connectivity index (χ4n) is 2.25. The summed E-state index contributed by atoms with van der Waals surface area (Å²) in [6, 6.07) is 1.95. The SMILES string of the molecule is C[C@H](NC(=O)NC(=N)/C=C\Nc1ccc(C(C)(O)C(F)(F)F)nc1)C1CC1. The second-order valence-corrected chi connectivity index (χ2v) is 6.62. The van der Waals surface area contributed by atoms with Crippen LogP contribution in [0.5, 0.6) is 0 Å². The largest absolute Gasteiger partial charge is 0.422 e. The molecule has 2 rings (SSSR count). The lowest BCUT2D eigenvalue weighted by atomic mass is 10.0. The number of hydrogen-bond donors (Lipinski definition) is 5. The summed E-state index contributed by atoms with van der Waals surface area (Å²) in [5.74, 6) is 0.336. The highest BCUT2D eigenvalue weighted by atomic mass is 19.4. The number of amidine groups is 1. The van der Waals surface area contributed by atoms with E-state index in [2.05, 4.69) is 20.9 Å². The molecule has 7 nitrogen and oxygen atoms in total. The smallest absolute Gasteiger partial charge is 0.375 e. The molecule has 1 heterocycles. The van der Waals surface area contributed by atoms with Crippen molar-refractivity contribution in [1.82, 2.24) is 15.6 Å². The van der Waals surface area contributed by atoms with Gasteiger partial charge in [0.15, 0.2) is 5.60 Å². The van der Waals surface area contributed by atoms with Crippen molar-refractivity contribution in [3.63, 3.8) is 0 Å².